The van der Waals surface area contributed by atoms with E-state index in [-0.39, 0.29) is 6.04 Å². The summed E-state index contributed by atoms with van der Waals surface area (Å²) in [7, 11) is 3.63. The fraction of sp³-hybridized carbons (Fsp3) is 0.600. The maximum absolute atomic E-state index is 5.99. The highest BCUT2D eigenvalue weighted by Crippen LogP contribution is 2.34. The third-order valence-electron chi connectivity index (χ3n) is 3.61. The zero-order valence-corrected chi connectivity index (χ0v) is 11.9. The zero-order valence-electron chi connectivity index (χ0n) is 11.9. The molecule has 0 spiro atoms. The van der Waals surface area contributed by atoms with Crippen molar-refractivity contribution < 1.29 is 14.2 Å². The van der Waals surface area contributed by atoms with E-state index in [9.17, 15) is 0 Å². The maximum atomic E-state index is 5.99. The van der Waals surface area contributed by atoms with Crippen molar-refractivity contribution >= 4 is 0 Å². The van der Waals surface area contributed by atoms with E-state index in [4.69, 9.17) is 14.2 Å². The molecule has 2 rings (SSSR count). The molecule has 106 valence electrons. The van der Waals surface area contributed by atoms with E-state index in [2.05, 4.69) is 12.2 Å². The van der Waals surface area contributed by atoms with Gasteiger partial charge in [0.2, 0.25) is 0 Å². The molecule has 0 radical (unpaired) electrons. The molecule has 19 heavy (non-hydrogen) atoms. The standard InChI is InChI=1S/C15H23NO3/c1-11(16-2)15-13(17-3)5-4-6-14(15)19-10-12-7-8-18-9-12/h4-6,11-12,16H,7-10H2,1-3H3. The van der Waals surface area contributed by atoms with Crippen LogP contribution in [0.15, 0.2) is 18.2 Å². The molecule has 4 nitrogen and oxygen atoms in total. The molecule has 0 aliphatic carbocycles. The fourth-order valence-electron chi connectivity index (χ4n) is 2.32. The molecule has 0 saturated carbocycles. The topological polar surface area (TPSA) is 39.7 Å². The lowest BCUT2D eigenvalue weighted by molar-refractivity contribution is 0.166. The summed E-state index contributed by atoms with van der Waals surface area (Å²) in [5.41, 5.74) is 1.08. The van der Waals surface area contributed by atoms with Gasteiger partial charge in [-0.05, 0) is 32.5 Å². The van der Waals surface area contributed by atoms with Gasteiger partial charge in [-0.1, -0.05) is 6.07 Å². The normalized spacial score (nSPS) is 20.3. The second-order valence-corrected chi connectivity index (χ2v) is 4.92. The maximum Gasteiger partial charge on any atom is 0.127 e. The van der Waals surface area contributed by atoms with Gasteiger partial charge in [0, 0.05) is 18.6 Å². The van der Waals surface area contributed by atoms with Crippen LogP contribution in [-0.4, -0.2) is 34.0 Å². The summed E-state index contributed by atoms with van der Waals surface area (Å²) in [6.45, 7) is 4.47. The van der Waals surface area contributed by atoms with E-state index >= 15 is 0 Å². The van der Waals surface area contributed by atoms with Gasteiger partial charge in [0.05, 0.1) is 25.9 Å². The molecule has 1 saturated heterocycles. The summed E-state index contributed by atoms with van der Waals surface area (Å²) in [6, 6.07) is 6.12. The van der Waals surface area contributed by atoms with E-state index in [0.717, 1.165) is 36.7 Å². The van der Waals surface area contributed by atoms with Crippen LogP contribution >= 0.6 is 0 Å². The fourth-order valence-corrected chi connectivity index (χ4v) is 2.32. The van der Waals surface area contributed by atoms with Crippen molar-refractivity contribution in [2.45, 2.75) is 19.4 Å². The van der Waals surface area contributed by atoms with Crippen molar-refractivity contribution in [1.82, 2.24) is 5.32 Å². The van der Waals surface area contributed by atoms with E-state index in [0.29, 0.717) is 12.5 Å². The van der Waals surface area contributed by atoms with Crippen LogP contribution in [0.3, 0.4) is 0 Å². The van der Waals surface area contributed by atoms with Crippen molar-refractivity contribution in [1.29, 1.82) is 0 Å². The Kier molecular flexibility index (Phi) is 5.05. The highest BCUT2D eigenvalue weighted by molar-refractivity contribution is 5.46. The predicted octanol–water partition coefficient (Wildman–Crippen LogP) is 2.39. The summed E-state index contributed by atoms with van der Waals surface area (Å²) in [5, 5.41) is 3.24. The largest absolute Gasteiger partial charge is 0.496 e. The minimum Gasteiger partial charge on any atom is -0.496 e. The van der Waals surface area contributed by atoms with Crippen molar-refractivity contribution in [3.05, 3.63) is 23.8 Å². The van der Waals surface area contributed by atoms with E-state index in [1.807, 2.05) is 25.2 Å². The molecule has 2 atom stereocenters. The highest BCUT2D eigenvalue weighted by atomic mass is 16.5. The number of nitrogens with one attached hydrogen (secondary N) is 1. The lowest BCUT2D eigenvalue weighted by Crippen LogP contribution is -2.17. The molecule has 1 aliphatic rings. The van der Waals surface area contributed by atoms with Crippen LogP contribution in [0.2, 0.25) is 0 Å². The lowest BCUT2D eigenvalue weighted by atomic mass is 10.1. The van der Waals surface area contributed by atoms with Gasteiger partial charge < -0.3 is 19.5 Å². The smallest absolute Gasteiger partial charge is 0.127 e. The van der Waals surface area contributed by atoms with Crippen LogP contribution in [0.5, 0.6) is 11.5 Å². The first-order valence-electron chi connectivity index (χ1n) is 6.81. The molecule has 0 aromatic heterocycles. The number of ether oxygens (including phenoxy) is 3. The minimum absolute atomic E-state index is 0.186. The summed E-state index contributed by atoms with van der Waals surface area (Å²) in [6.07, 6.45) is 1.08. The molecule has 4 heteroatoms. The van der Waals surface area contributed by atoms with Crippen LogP contribution in [-0.2, 0) is 4.74 Å². The molecule has 0 amide bonds. The highest BCUT2D eigenvalue weighted by Gasteiger charge is 2.19. The second-order valence-electron chi connectivity index (χ2n) is 4.92. The second kappa shape index (κ2) is 6.78. The molecule has 0 bridgehead atoms. The van der Waals surface area contributed by atoms with E-state index in [1.165, 1.54) is 0 Å². The van der Waals surface area contributed by atoms with Crippen molar-refractivity contribution in [2.24, 2.45) is 5.92 Å². The molecular formula is C15H23NO3. The molecule has 1 fully saturated rings. The Balaban J connectivity index is 2.13. The van der Waals surface area contributed by atoms with Crippen molar-refractivity contribution in [3.63, 3.8) is 0 Å². The molecule has 1 N–H and O–H groups in total. The summed E-state index contributed by atoms with van der Waals surface area (Å²) in [5.74, 6) is 2.26. The first-order valence-corrected chi connectivity index (χ1v) is 6.81. The Morgan fingerprint density at radius 2 is 2.21 bits per heavy atom. The van der Waals surface area contributed by atoms with Crippen LogP contribution < -0.4 is 14.8 Å². The number of hydrogen-bond donors (Lipinski definition) is 1. The van der Waals surface area contributed by atoms with Gasteiger partial charge in [0.25, 0.3) is 0 Å². The zero-order chi connectivity index (χ0) is 13.7. The predicted molar refractivity (Wildman–Crippen MR) is 74.9 cm³/mol. The molecule has 1 heterocycles. The third kappa shape index (κ3) is 3.39. The molecular weight excluding hydrogens is 242 g/mol. The van der Waals surface area contributed by atoms with Crippen molar-refractivity contribution in [3.8, 4) is 11.5 Å². The SMILES string of the molecule is CNC(C)c1c(OC)cccc1OCC1CCOC1. The van der Waals surface area contributed by atoms with Gasteiger partial charge in [0.15, 0.2) is 0 Å². The Morgan fingerprint density at radius 1 is 1.42 bits per heavy atom. The van der Waals surface area contributed by atoms with Crippen LogP contribution in [0.1, 0.15) is 24.9 Å². The van der Waals surface area contributed by atoms with Crippen LogP contribution in [0, 0.1) is 5.92 Å². The molecule has 1 aliphatic heterocycles. The number of methoxy groups -OCH3 is 1. The Morgan fingerprint density at radius 3 is 2.84 bits per heavy atom. The van der Waals surface area contributed by atoms with Crippen LogP contribution in [0.4, 0.5) is 0 Å². The van der Waals surface area contributed by atoms with E-state index in [1.54, 1.807) is 7.11 Å². The Labute approximate surface area is 115 Å². The summed E-state index contributed by atoms with van der Waals surface area (Å²) in [4.78, 5) is 0. The number of benzene rings is 1. The summed E-state index contributed by atoms with van der Waals surface area (Å²) >= 11 is 0. The average Bonchev–Trinajstić information content (AvgIpc) is 2.97. The number of rotatable bonds is 6. The van der Waals surface area contributed by atoms with Crippen LogP contribution in [0.25, 0.3) is 0 Å². The van der Waals surface area contributed by atoms with Gasteiger partial charge in [-0.3, -0.25) is 0 Å². The van der Waals surface area contributed by atoms with Gasteiger partial charge in [-0.2, -0.15) is 0 Å². The average molecular weight is 265 g/mol. The van der Waals surface area contributed by atoms with E-state index < -0.39 is 0 Å². The van der Waals surface area contributed by atoms with Gasteiger partial charge >= 0.3 is 0 Å². The lowest BCUT2D eigenvalue weighted by Gasteiger charge is -2.20. The molecule has 1 aromatic carbocycles. The van der Waals surface area contributed by atoms with Crippen molar-refractivity contribution in [2.75, 3.05) is 34.0 Å². The quantitative estimate of drug-likeness (QED) is 0.857. The number of hydrogen-bond acceptors (Lipinski definition) is 4. The van der Waals surface area contributed by atoms with Gasteiger partial charge in [-0.25, -0.2) is 0 Å². The van der Waals surface area contributed by atoms with Gasteiger partial charge in [0.1, 0.15) is 11.5 Å². The monoisotopic (exact) mass is 265 g/mol. The molecule has 1 aromatic rings. The minimum atomic E-state index is 0.186. The first kappa shape index (κ1) is 14.2. The Hall–Kier alpha value is -1.26. The van der Waals surface area contributed by atoms with Gasteiger partial charge in [-0.15, -0.1) is 0 Å². The third-order valence-corrected chi connectivity index (χ3v) is 3.61. The summed E-state index contributed by atoms with van der Waals surface area (Å²) < 4.78 is 16.8. The Bertz CT molecular complexity index is 402. The first-order chi connectivity index (χ1) is 9.26. The molecule has 2 unspecified atom stereocenters.